The van der Waals surface area contributed by atoms with Crippen molar-refractivity contribution in [1.29, 1.82) is 0 Å². The number of halogens is 1. The van der Waals surface area contributed by atoms with Gasteiger partial charge in [0.2, 0.25) is 5.91 Å². The standard InChI is InChI=1S/C17H26N2OS.ClH/c1-14(21-12-15-6-4-3-5-7-15)16(20)19-13-17(2)8-10-18-11-9-17;/h3-7,14,18H,8-13H2,1-2H3,(H,19,20);1H. The molecule has 1 aliphatic heterocycles. The normalized spacial score (nSPS) is 18.1. The van der Waals surface area contributed by atoms with Crippen molar-refractivity contribution in [2.75, 3.05) is 19.6 Å². The molecule has 3 nitrogen and oxygen atoms in total. The molecular weight excluding hydrogens is 316 g/mol. The third-order valence-electron chi connectivity index (χ3n) is 4.21. The van der Waals surface area contributed by atoms with Crippen molar-refractivity contribution in [3.8, 4) is 0 Å². The van der Waals surface area contributed by atoms with E-state index in [9.17, 15) is 4.79 Å². The van der Waals surface area contributed by atoms with Crippen LogP contribution in [0.5, 0.6) is 0 Å². The number of piperidine rings is 1. The van der Waals surface area contributed by atoms with Gasteiger partial charge in [-0.2, -0.15) is 0 Å². The Balaban J connectivity index is 0.00000242. The summed E-state index contributed by atoms with van der Waals surface area (Å²) in [5.41, 5.74) is 1.53. The van der Waals surface area contributed by atoms with E-state index in [4.69, 9.17) is 0 Å². The van der Waals surface area contributed by atoms with E-state index in [1.54, 1.807) is 11.8 Å². The van der Waals surface area contributed by atoms with Crippen molar-refractivity contribution in [3.05, 3.63) is 35.9 Å². The lowest BCUT2D eigenvalue weighted by atomic mass is 9.81. The molecular formula is C17H27ClN2OS. The highest BCUT2D eigenvalue weighted by Gasteiger charge is 2.27. The second kappa shape index (κ2) is 9.43. The molecule has 2 rings (SSSR count). The van der Waals surface area contributed by atoms with Gasteiger partial charge in [-0.15, -0.1) is 24.2 Å². The van der Waals surface area contributed by atoms with Gasteiger partial charge in [-0.3, -0.25) is 4.79 Å². The summed E-state index contributed by atoms with van der Waals surface area (Å²) in [6, 6.07) is 10.3. The van der Waals surface area contributed by atoms with Crippen LogP contribution >= 0.6 is 24.2 Å². The zero-order chi connectivity index (χ0) is 15.1. The van der Waals surface area contributed by atoms with Crippen molar-refractivity contribution in [2.24, 2.45) is 5.41 Å². The summed E-state index contributed by atoms with van der Waals surface area (Å²) < 4.78 is 0. The van der Waals surface area contributed by atoms with Crippen LogP contribution in [-0.4, -0.2) is 30.8 Å². The average Bonchev–Trinajstić information content (AvgIpc) is 2.52. The van der Waals surface area contributed by atoms with Gasteiger partial charge in [0.25, 0.3) is 0 Å². The van der Waals surface area contributed by atoms with Crippen molar-refractivity contribution in [2.45, 2.75) is 37.7 Å². The molecule has 124 valence electrons. The SMILES string of the molecule is CC(SCc1ccccc1)C(=O)NCC1(C)CCNCC1.Cl. The van der Waals surface area contributed by atoms with Gasteiger partial charge in [-0.05, 0) is 43.8 Å². The van der Waals surface area contributed by atoms with E-state index < -0.39 is 0 Å². The average molecular weight is 343 g/mol. The number of benzene rings is 1. The lowest BCUT2D eigenvalue weighted by molar-refractivity contribution is -0.120. The molecule has 1 fully saturated rings. The summed E-state index contributed by atoms with van der Waals surface area (Å²) in [5.74, 6) is 1.05. The van der Waals surface area contributed by atoms with Crippen molar-refractivity contribution in [3.63, 3.8) is 0 Å². The molecule has 1 aromatic carbocycles. The van der Waals surface area contributed by atoms with Crippen LogP contribution < -0.4 is 10.6 Å². The zero-order valence-corrected chi connectivity index (χ0v) is 15.1. The minimum atomic E-state index is -0.00415. The summed E-state index contributed by atoms with van der Waals surface area (Å²) in [5, 5.41) is 6.51. The summed E-state index contributed by atoms with van der Waals surface area (Å²) in [6.07, 6.45) is 2.28. The number of amides is 1. The smallest absolute Gasteiger partial charge is 0.232 e. The van der Waals surface area contributed by atoms with Gasteiger partial charge in [0, 0.05) is 12.3 Å². The minimum Gasteiger partial charge on any atom is -0.355 e. The van der Waals surface area contributed by atoms with Crippen molar-refractivity contribution < 1.29 is 4.79 Å². The number of carbonyl (C=O) groups excluding carboxylic acids is 1. The quantitative estimate of drug-likeness (QED) is 0.834. The highest BCUT2D eigenvalue weighted by Crippen LogP contribution is 2.27. The molecule has 0 spiro atoms. The van der Waals surface area contributed by atoms with Crippen LogP contribution in [0.3, 0.4) is 0 Å². The van der Waals surface area contributed by atoms with Crippen molar-refractivity contribution in [1.82, 2.24) is 10.6 Å². The van der Waals surface area contributed by atoms with Crippen LogP contribution in [-0.2, 0) is 10.5 Å². The maximum Gasteiger partial charge on any atom is 0.232 e. The fourth-order valence-electron chi connectivity index (χ4n) is 2.52. The Bertz CT molecular complexity index is 449. The summed E-state index contributed by atoms with van der Waals surface area (Å²) >= 11 is 1.70. The maximum absolute atomic E-state index is 12.2. The van der Waals surface area contributed by atoms with E-state index in [1.165, 1.54) is 5.56 Å². The fraction of sp³-hybridized carbons (Fsp3) is 0.588. The van der Waals surface area contributed by atoms with Crippen LogP contribution in [0, 0.1) is 5.41 Å². The van der Waals surface area contributed by atoms with Gasteiger partial charge in [-0.25, -0.2) is 0 Å². The van der Waals surface area contributed by atoms with Gasteiger partial charge >= 0.3 is 0 Å². The van der Waals surface area contributed by atoms with Crippen molar-refractivity contribution >= 4 is 30.1 Å². The van der Waals surface area contributed by atoms with Gasteiger partial charge in [0.15, 0.2) is 0 Å². The van der Waals surface area contributed by atoms with Crippen LogP contribution in [0.1, 0.15) is 32.3 Å². The second-order valence-corrected chi connectivity index (χ2v) is 7.55. The van der Waals surface area contributed by atoms with E-state index in [0.717, 1.165) is 38.2 Å². The zero-order valence-electron chi connectivity index (χ0n) is 13.4. The first kappa shape index (κ1) is 19.3. The van der Waals surface area contributed by atoms with E-state index in [0.29, 0.717) is 0 Å². The first-order valence-corrected chi connectivity index (χ1v) is 8.78. The highest BCUT2D eigenvalue weighted by molar-refractivity contribution is 7.99. The maximum atomic E-state index is 12.2. The molecule has 0 bridgehead atoms. The number of hydrogen-bond acceptors (Lipinski definition) is 3. The Hall–Kier alpha value is -0.710. The monoisotopic (exact) mass is 342 g/mol. The Morgan fingerprint density at radius 2 is 1.95 bits per heavy atom. The second-order valence-electron chi connectivity index (χ2n) is 6.22. The molecule has 1 aliphatic rings. The molecule has 1 saturated heterocycles. The van der Waals surface area contributed by atoms with Gasteiger partial charge in [-0.1, -0.05) is 37.3 Å². The third-order valence-corrected chi connectivity index (χ3v) is 5.43. The molecule has 1 amide bonds. The molecule has 1 atom stereocenters. The summed E-state index contributed by atoms with van der Waals surface area (Å²) in [6.45, 7) is 7.18. The lowest BCUT2D eigenvalue weighted by Crippen LogP contribution is -2.44. The van der Waals surface area contributed by atoms with E-state index in [2.05, 4.69) is 29.7 Å². The molecule has 0 radical (unpaired) electrons. The predicted molar refractivity (Wildman–Crippen MR) is 97.7 cm³/mol. The van der Waals surface area contributed by atoms with Gasteiger partial charge < -0.3 is 10.6 Å². The molecule has 1 aromatic rings. The van der Waals surface area contributed by atoms with Crippen LogP contribution in [0.15, 0.2) is 30.3 Å². The van der Waals surface area contributed by atoms with E-state index in [1.807, 2.05) is 25.1 Å². The number of thioether (sulfide) groups is 1. The summed E-state index contributed by atoms with van der Waals surface area (Å²) in [7, 11) is 0. The molecule has 1 heterocycles. The summed E-state index contributed by atoms with van der Waals surface area (Å²) in [4.78, 5) is 12.2. The predicted octanol–water partition coefficient (Wildman–Crippen LogP) is 3.24. The Kier molecular flexibility index (Phi) is 8.29. The number of carbonyl (C=O) groups is 1. The first-order chi connectivity index (χ1) is 10.1. The number of nitrogens with one attached hydrogen (secondary N) is 2. The molecule has 1 unspecified atom stereocenters. The largest absolute Gasteiger partial charge is 0.355 e. The Labute approximate surface area is 144 Å². The Morgan fingerprint density at radius 1 is 1.32 bits per heavy atom. The lowest BCUT2D eigenvalue weighted by Gasteiger charge is -2.34. The first-order valence-electron chi connectivity index (χ1n) is 7.73. The molecule has 5 heteroatoms. The van der Waals surface area contributed by atoms with Gasteiger partial charge in [0.05, 0.1) is 5.25 Å². The number of hydrogen-bond donors (Lipinski definition) is 2. The topological polar surface area (TPSA) is 41.1 Å². The highest BCUT2D eigenvalue weighted by atomic mass is 35.5. The number of rotatable bonds is 6. The van der Waals surface area contributed by atoms with Crippen LogP contribution in [0.25, 0.3) is 0 Å². The van der Waals surface area contributed by atoms with Gasteiger partial charge in [0.1, 0.15) is 0 Å². The molecule has 0 aliphatic carbocycles. The third kappa shape index (κ3) is 6.19. The molecule has 0 saturated carbocycles. The van der Waals surface area contributed by atoms with E-state index >= 15 is 0 Å². The van der Waals surface area contributed by atoms with Crippen LogP contribution in [0.2, 0.25) is 0 Å². The Morgan fingerprint density at radius 3 is 2.59 bits per heavy atom. The van der Waals surface area contributed by atoms with E-state index in [-0.39, 0.29) is 29.0 Å². The molecule has 0 aromatic heterocycles. The van der Waals surface area contributed by atoms with Crippen LogP contribution in [0.4, 0.5) is 0 Å². The molecule has 22 heavy (non-hydrogen) atoms. The fourth-order valence-corrected chi connectivity index (χ4v) is 3.39. The minimum absolute atomic E-state index is 0. The molecule has 2 N–H and O–H groups in total.